The van der Waals surface area contributed by atoms with Crippen LogP contribution in [0.5, 0.6) is 11.5 Å². The fraction of sp³-hybridized carbons (Fsp3) is 0.100. The number of para-hydroxylation sites is 1. The van der Waals surface area contributed by atoms with Crippen LogP contribution in [0.1, 0.15) is 16.1 Å². The third kappa shape index (κ3) is 4.64. The second-order valence-electron chi connectivity index (χ2n) is 5.77. The van der Waals surface area contributed by atoms with Gasteiger partial charge in [0.2, 0.25) is 0 Å². The zero-order chi connectivity index (χ0) is 20.8. The summed E-state index contributed by atoms with van der Waals surface area (Å²) in [6, 6.07) is 12.0. The number of rotatable bonds is 6. The Balaban J connectivity index is 1.80. The van der Waals surface area contributed by atoms with Crippen molar-refractivity contribution in [3.8, 4) is 22.8 Å². The molecule has 148 valence electrons. The topological polar surface area (TPSA) is 106 Å². The normalized spacial score (nSPS) is 10.7. The molecule has 0 fully saturated rings. The third-order valence-corrected chi connectivity index (χ3v) is 3.93. The first kappa shape index (κ1) is 19.7. The Morgan fingerprint density at radius 2 is 1.93 bits per heavy atom. The van der Waals surface area contributed by atoms with Gasteiger partial charge in [0.05, 0.1) is 26.1 Å². The Morgan fingerprint density at radius 3 is 2.62 bits per heavy atom. The second kappa shape index (κ2) is 8.79. The minimum Gasteiger partial charge on any atom is -0.493 e. The van der Waals surface area contributed by atoms with E-state index >= 15 is 0 Å². The minimum absolute atomic E-state index is 0.0425. The number of hydrazone groups is 1. The third-order valence-electron chi connectivity index (χ3n) is 3.93. The Morgan fingerprint density at radius 1 is 1.17 bits per heavy atom. The van der Waals surface area contributed by atoms with Crippen LogP contribution in [0, 0.1) is 5.82 Å². The maximum absolute atomic E-state index is 13.1. The molecule has 0 spiro atoms. The van der Waals surface area contributed by atoms with Gasteiger partial charge in [0.25, 0.3) is 5.91 Å². The summed E-state index contributed by atoms with van der Waals surface area (Å²) in [5.41, 5.74) is 2.89. The Hall–Kier alpha value is -4.01. The van der Waals surface area contributed by atoms with Crippen LogP contribution in [-0.2, 0) is 0 Å². The number of nitrogens with zero attached hydrogens (tertiary/aromatic N) is 2. The highest BCUT2D eigenvalue weighted by Crippen LogP contribution is 2.29. The average molecular weight is 396 g/mol. The van der Waals surface area contributed by atoms with E-state index in [1.54, 1.807) is 18.2 Å². The lowest BCUT2D eigenvalue weighted by Gasteiger charge is -2.09. The number of benzene rings is 2. The van der Waals surface area contributed by atoms with Gasteiger partial charge in [0, 0.05) is 11.1 Å². The number of nitrogens with one attached hydrogen (secondary N) is 2. The van der Waals surface area contributed by atoms with Crippen LogP contribution in [-0.4, -0.2) is 36.3 Å². The number of aromatic amines is 1. The van der Waals surface area contributed by atoms with Crippen LogP contribution in [0.25, 0.3) is 11.3 Å². The van der Waals surface area contributed by atoms with E-state index in [0.29, 0.717) is 22.6 Å². The summed E-state index contributed by atoms with van der Waals surface area (Å²) in [6.07, 6.45) is 1.39. The monoisotopic (exact) mass is 396 g/mol. The van der Waals surface area contributed by atoms with Gasteiger partial charge in [-0.15, -0.1) is 0 Å². The Kier molecular flexibility index (Phi) is 5.98. The fourth-order valence-electron chi connectivity index (χ4n) is 2.58. The van der Waals surface area contributed by atoms with E-state index in [0.717, 1.165) is 0 Å². The number of ether oxygens (including phenoxy) is 2. The molecule has 1 aromatic heterocycles. The number of halogens is 1. The molecule has 9 heteroatoms. The van der Waals surface area contributed by atoms with Gasteiger partial charge in [-0.25, -0.2) is 14.6 Å². The van der Waals surface area contributed by atoms with Crippen LogP contribution < -0.4 is 20.6 Å². The Bertz CT molecular complexity index is 1110. The molecule has 2 N–H and O–H groups in total. The van der Waals surface area contributed by atoms with E-state index in [1.807, 2.05) is 0 Å². The summed E-state index contributed by atoms with van der Waals surface area (Å²) >= 11 is 0. The summed E-state index contributed by atoms with van der Waals surface area (Å²) in [7, 11) is 3.01. The van der Waals surface area contributed by atoms with Gasteiger partial charge in [-0.2, -0.15) is 10.1 Å². The van der Waals surface area contributed by atoms with Crippen molar-refractivity contribution in [1.82, 2.24) is 15.4 Å². The average Bonchev–Trinajstić information content (AvgIpc) is 2.73. The zero-order valence-corrected chi connectivity index (χ0v) is 15.6. The first-order valence-corrected chi connectivity index (χ1v) is 8.43. The summed E-state index contributed by atoms with van der Waals surface area (Å²) < 4.78 is 23.6. The van der Waals surface area contributed by atoms with E-state index in [1.165, 1.54) is 50.8 Å². The molecule has 8 nitrogen and oxygen atoms in total. The molecule has 0 aliphatic heterocycles. The summed E-state index contributed by atoms with van der Waals surface area (Å²) in [4.78, 5) is 30.3. The first-order chi connectivity index (χ1) is 14.0. The van der Waals surface area contributed by atoms with Crippen molar-refractivity contribution < 1.29 is 18.7 Å². The maximum atomic E-state index is 13.1. The van der Waals surface area contributed by atoms with E-state index in [2.05, 4.69) is 20.5 Å². The van der Waals surface area contributed by atoms with Crippen LogP contribution in [0.15, 0.2) is 58.4 Å². The molecule has 29 heavy (non-hydrogen) atoms. The van der Waals surface area contributed by atoms with Crippen molar-refractivity contribution >= 4 is 12.1 Å². The minimum atomic E-state index is -0.713. The highest BCUT2D eigenvalue weighted by atomic mass is 19.1. The van der Waals surface area contributed by atoms with Crippen LogP contribution >= 0.6 is 0 Å². The number of H-pyrrole nitrogens is 1. The molecule has 1 heterocycles. The molecule has 1 amide bonds. The predicted molar refractivity (Wildman–Crippen MR) is 105 cm³/mol. The van der Waals surface area contributed by atoms with Crippen LogP contribution in [0.2, 0.25) is 0 Å². The molecule has 0 saturated heterocycles. The smallest absolute Gasteiger partial charge is 0.346 e. The molecule has 3 aromatic rings. The number of hydrogen-bond acceptors (Lipinski definition) is 6. The second-order valence-corrected chi connectivity index (χ2v) is 5.77. The molecular formula is C20H17FN4O4. The number of amides is 1. The molecule has 0 unspecified atom stereocenters. The molecule has 0 bridgehead atoms. The van der Waals surface area contributed by atoms with E-state index < -0.39 is 17.4 Å². The highest BCUT2D eigenvalue weighted by Gasteiger charge is 2.11. The van der Waals surface area contributed by atoms with Crippen molar-refractivity contribution in [3.05, 3.63) is 76.1 Å². The molecule has 0 atom stereocenters. The van der Waals surface area contributed by atoms with Gasteiger partial charge in [-0.05, 0) is 42.5 Å². The SMILES string of the molecule is COc1cccc(/C=N/NC(=O)c2cc(-c3ccc(F)cc3)nc(=O)[nH]2)c1OC. The van der Waals surface area contributed by atoms with Crippen molar-refractivity contribution in [3.63, 3.8) is 0 Å². The van der Waals surface area contributed by atoms with E-state index in [9.17, 15) is 14.0 Å². The van der Waals surface area contributed by atoms with Gasteiger partial charge in [-0.1, -0.05) is 6.07 Å². The lowest BCUT2D eigenvalue weighted by molar-refractivity contribution is 0.0949. The number of carbonyl (C=O) groups excluding carboxylic acids is 1. The quantitative estimate of drug-likeness (QED) is 0.492. The summed E-state index contributed by atoms with van der Waals surface area (Å²) in [5, 5.41) is 3.89. The maximum Gasteiger partial charge on any atom is 0.346 e. The lowest BCUT2D eigenvalue weighted by Crippen LogP contribution is -2.24. The first-order valence-electron chi connectivity index (χ1n) is 8.43. The van der Waals surface area contributed by atoms with Crippen LogP contribution in [0.4, 0.5) is 4.39 Å². The standard InChI is InChI=1S/C20H17FN4O4/c1-28-17-5-3-4-13(18(17)29-2)11-22-25-19(26)16-10-15(23-20(27)24-16)12-6-8-14(21)9-7-12/h3-11H,1-2H3,(H,25,26)(H,23,24,27)/b22-11+. The zero-order valence-electron chi connectivity index (χ0n) is 15.6. The van der Waals surface area contributed by atoms with E-state index in [-0.39, 0.29) is 11.4 Å². The molecule has 0 saturated carbocycles. The molecule has 3 rings (SSSR count). The van der Waals surface area contributed by atoms with Crippen molar-refractivity contribution in [2.45, 2.75) is 0 Å². The molecule has 0 aliphatic rings. The van der Waals surface area contributed by atoms with Gasteiger partial charge < -0.3 is 14.5 Å². The fourth-order valence-corrected chi connectivity index (χ4v) is 2.58. The molecular weight excluding hydrogens is 379 g/mol. The number of methoxy groups -OCH3 is 2. The Labute approximate surface area is 165 Å². The molecule has 2 aromatic carbocycles. The summed E-state index contributed by atoms with van der Waals surface area (Å²) in [5.74, 6) is -0.0843. The van der Waals surface area contributed by atoms with Crippen molar-refractivity contribution in [2.24, 2.45) is 5.10 Å². The van der Waals surface area contributed by atoms with Crippen molar-refractivity contribution in [2.75, 3.05) is 14.2 Å². The number of hydrogen-bond donors (Lipinski definition) is 2. The number of aromatic nitrogens is 2. The molecule has 0 radical (unpaired) electrons. The van der Waals surface area contributed by atoms with E-state index in [4.69, 9.17) is 9.47 Å². The van der Waals surface area contributed by atoms with Crippen molar-refractivity contribution in [1.29, 1.82) is 0 Å². The van der Waals surface area contributed by atoms with Gasteiger partial charge >= 0.3 is 5.69 Å². The van der Waals surface area contributed by atoms with Gasteiger partial charge in [0.15, 0.2) is 11.5 Å². The summed E-state index contributed by atoms with van der Waals surface area (Å²) in [6.45, 7) is 0. The number of carbonyl (C=O) groups is 1. The largest absolute Gasteiger partial charge is 0.493 e. The predicted octanol–water partition coefficient (Wildman–Crippen LogP) is 2.36. The highest BCUT2D eigenvalue weighted by molar-refractivity contribution is 5.94. The molecule has 0 aliphatic carbocycles. The lowest BCUT2D eigenvalue weighted by atomic mass is 10.1. The van der Waals surface area contributed by atoms with Gasteiger partial charge in [-0.3, -0.25) is 4.79 Å². The van der Waals surface area contributed by atoms with Gasteiger partial charge in [0.1, 0.15) is 11.5 Å². The van der Waals surface area contributed by atoms with Crippen LogP contribution in [0.3, 0.4) is 0 Å².